The number of nitrogens with zero attached hydrogens (tertiary/aromatic N) is 3. The molecule has 0 unspecified atom stereocenters. The molecule has 5 N–H and O–H groups in total. The van der Waals surface area contributed by atoms with Gasteiger partial charge < -0.3 is 26.2 Å². The first kappa shape index (κ1) is 30.7. The highest BCUT2D eigenvalue weighted by Gasteiger charge is 2.45. The molecule has 2 aliphatic rings. The summed E-state index contributed by atoms with van der Waals surface area (Å²) in [4.78, 5) is 22.8. The van der Waals surface area contributed by atoms with Crippen LogP contribution in [0.1, 0.15) is 60.1 Å². The molecule has 0 spiro atoms. The molecular weight excluding hydrogens is 580 g/mol. The van der Waals surface area contributed by atoms with Gasteiger partial charge in [0.15, 0.2) is 0 Å². The van der Waals surface area contributed by atoms with E-state index in [0.717, 1.165) is 24.3 Å². The van der Waals surface area contributed by atoms with Crippen LogP contribution in [0.3, 0.4) is 0 Å². The van der Waals surface area contributed by atoms with Crippen molar-refractivity contribution >= 4 is 17.3 Å². The Hall–Kier alpha value is -3.75. The molecule has 1 saturated heterocycles. The van der Waals surface area contributed by atoms with Crippen LogP contribution < -0.4 is 16.0 Å². The van der Waals surface area contributed by atoms with Gasteiger partial charge in [0.1, 0.15) is 28.8 Å². The first-order chi connectivity index (χ1) is 20.0. The van der Waals surface area contributed by atoms with E-state index in [1.54, 1.807) is 0 Å². The number of fused-ring (bicyclic) bond motifs is 1. The molecule has 3 atom stereocenters. The minimum atomic E-state index is -4.51. The zero-order valence-corrected chi connectivity index (χ0v) is 23.1. The number of aliphatic hydroxyl groups is 2. The second-order valence-corrected chi connectivity index (χ2v) is 11.4. The number of piperidine rings is 1. The smallest absolute Gasteiger partial charge is 0.387 e. The van der Waals surface area contributed by atoms with Gasteiger partial charge in [0.05, 0.1) is 46.5 Å². The maximum atomic E-state index is 15.0. The molecular formula is C29H29F6N5O3. The third-order valence-corrected chi connectivity index (χ3v) is 7.74. The van der Waals surface area contributed by atoms with E-state index in [9.17, 15) is 41.4 Å². The Kier molecular flexibility index (Phi) is 7.90. The highest BCUT2D eigenvalue weighted by atomic mass is 19.4. The highest BCUT2D eigenvalue weighted by Crippen LogP contribution is 2.43. The number of alkyl halides is 3. The predicted molar refractivity (Wildman–Crippen MR) is 145 cm³/mol. The van der Waals surface area contributed by atoms with Gasteiger partial charge in [-0.25, -0.2) is 18.2 Å². The van der Waals surface area contributed by atoms with Crippen molar-refractivity contribution in [2.45, 2.75) is 57.0 Å². The van der Waals surface area contributed by atoms with Crippen molar-refractivity contribution in [2.24, 2.45) is 11.7 Å². The summed E-state index contributed by atoms with van der Waals surface area (Å²) in [6.07, 6.45) is -3.97. The van der Waals surface area contributed by atoms with Crippen molar-refractivity contribution in [2.75, 3.05) is 23.3 Å². The van der Waals surface area contributed by atoms with E-state index >= 15 is 0 Å². The third-order valence-electron chi connectivity index (χ3n) is 7.74. The monoisotopic (exact) mass is 609 g/mol. The Balaban J connectivity index is 1.52. The van der Waals surface area contributed by atoms with Crippen LogP contribution in [0.4, 0.5) is 37.7 Å². The van der Waals surface area contributed by atoms with E-state index in [-0.39, 0.29) is 48.4 Å². The van der Waals surface area contributed by atoms with Crippen molar-refractivity contribution in [3.05, 3.63) is 70.4 Å². The molecule has 3 heterocycles. The fourth-order valence-corrected chi connectivity index (χ4v) is 5.60. The molecule has 5 rings (SSSR count). The molecule has 1 aliphatic heterocycles. The first-order valence-corrected chi connectivity index (χ1v) is 13.5. The summed E-state index contributed by atoms with van der Waals surface area (Å²) in [5, 5.41) is 23.0. The lowest BCUT2D eigenvalue weighted by Crippen LogP contribution is -2.51. The maximum absolute atomic E-state index is 15.0. The number of aliphatic hydroxyl groups excluding tert-OH is 1. The molecule has 3 aromatic rings. The second kappa shape index (κ2) is 11.1. The van der Waals surface area contributed by atoms with Crippen LogP contribution >= 0.6 is 0 Å². The van der Waals surface area contributed by atoms with Crippen LogP contribution in [0.5, 0.6) is 0 Å². The van der Waals surface area contributed by atoms with E-state index in [2.05, 4.69) is 15.3 Å². The van der Waals surface area contributed by atoms with Gasteiger partial charge in [0.2, 0.25) is 0 Å². The molecule has 230 valence electrons. The second-order valence-electron chi connectivity index (χ2n) is 11.4. The number of nitrogens with two attached hydrogens (primary N) is 1. The SMILES string of the molecule is CC(C)(O)c1cc(F)c(-c2nc(C(=O)Nc3cnc4c(c3N3C[C@H](N)C[C@H](C(F)(F)F)C3)CC[C@H]4O)ccc2F)c(F)c1. The van der Waals surface area contributed by atoms with Gasteiger partial charge in [-0.15, -0.1) is 0 Å². The van der Waals surface area contributed by atoms with Gasteiger partial charge >= 0.3 is 6.18 Å². The Morgan fingerprint density at radius 1 is 1.09 bits per heavy atom. The van der Waals surface area contributed by atoms with E-state index in [0.29, 0.717) is 5.56 Å². The minimum absolute atomic E-state index is 0.00689. The number of pyridine rings is 2. The van der Waals surface area contributed by atoms with Gasteiger partial charge in [-0.3, -0.25) is 9.78 Å². The number of nitrogens with one attached hydrogen (secondary N) is 1. The fourth-order valence-electron chi connectivity index (χ4n) is 5.60. The topological polar surface area (TPSA) is 125 Å². The predicted octanol–water partition coefficient (Wildman–Crippen LogP) is 4.74. The molecule has 0 bridgehead atoms. The molecule has 2 aromatic heterocycles. The summed E-state index contributed by atoms with van der Waals surface area (Å²) in [5.74, 6) is -6.25. The number of rotatable bonds is 5. The van der Waals surface area contributed by atoms with Gasteiger partial charge in [-0.05, 0) is 62.9 Å². The summed E-state index contributed by atoms with van der Waals surface area (Å²) in [6, 6.07) is 2.63. The molecule has 0 radical (unpaired) electrons. The van der Waals surface area contributed by atoms with Crippen molar-refractivity contribution in [1.82, 2.24) is 9.97 Å². The van der Waals surface area contributed by atoms with Gasteiger partial charge in [-0.2, -0.15) is 13.2 Å². The number of hydrogen-bond acceptors (Lipinski definition) is 7. The number of halogens is 6. The molecule has 1 fully saturated rings. The Labute approximate surface area is 242 Å². The van der Waals surface area contributed by atoms with Crippen LogP contribution in [-0.2, 0) is 12.0 Å². The van der Waals surface area contributed by atoms with Crippen LogP contribution in [0.2, 0.25) is 0 Å². The molecule has 14 heteroatoms. The number of carbonyl (C=O) groups excluding carboxylic acids is 1. The summed E-state index contributed by atoms with van der Waals surface area (Å²) in [7, 11) is 0. The van der Waals surface area contributed by atoms with E-state index in [4.69, 9.17) is 5.73 Å². The van der Waals surface area contributed by atoms with Crippen LogP contribution in [-0.4, -0.2) is 51.4 Å². The number of benzene rings is 1. The summed E-state index contributed by atoms with van der Waals surface area (Å²) in [5.41, 5.74) is 3.17. The third kappa shape index (κ3) is 6.04. The first-order valence-electron chi connectivity index (χ1n) is 13.5. The zero-order valence-electron chi connectivity index (χ0n) is 23.1. The van der Waals surface area contributed by atoms with Crippen LogP contribution in [0.15, 0.2) is 30.5 Å². The highest BCUT2D eigenvalue weighted by molar-refractivity contribution is 6.05. The van der Waals surface area contributed by atoms with Gasteiger partial charge in [0, 0.05) is 24.7 Å². The Morgan fingerprint density at radius 3 is 2.40 bits per heavy atom. The van der Waals surface area contributed by atoms with Crippen LogP contribution in [0, 0.1) is 23.4 Å². The molecule has 8 nitrogen and oxygen atoms in total. The van der Waals surface area contributed by atoms with E-state index in [1.807, 2.05) is 0 Å². The average molecular weight is 610 g/mol. The van der Waals surface area contributed by atoms with Crippen LogP contribution in [0.25, 0.3) is 11.3 Å². The number of carbonyl (C=O) groups is 1. The lowest BCUT2D eigenvalue weighted by atomic mass is 9.93. The molecule has 1 amide bonds. The Morgan fingerprint density at radius 2 is 1.77 bits per heavy atom. The minimum Gasteiger partial charge on any atom is -0.387 e. The summed E-state index contributed by atoms with van der Waals surface area (Å²) < 4.78 is 85.9. The molecule has 0 saturated carbocycles. The molecule has 43 heavy (non-hydrogen) atoms. The van der Waals surface area contributed by atoms with E-state index in [1.165, 1.54) is 24.9 Å². The zero-order chi connectivity index (χ0) is 31.4. The number of anilines is 2. The summed E-state index contributed by atoms with van der Waals surface area (Å²) >= 11 is 0. The fraction of sp³-hybridized carbons (Fsp3) is 0.414. The van der Waals surface area contributed by atoms with Gasteiger partial charge in [-0.1, -0.05) is 0 Å². The normalized spacial score (nSPS) is 20.7. The largest absolute Gasteiger partial charge is 0.393 e. The van der Waals surface area contributed by atoms with Gasteiger partial charge in [0.25, 0.3) is 5.91 Å². The number of aromatic nitrogens is 2. The maximum Gasteiger partial charge on any atom is 0.393 e. The average Bonchev–Trinajstić information content (AvgIpc) is 3.28. The molecule has 1 aliphatic carbocycles. The lowest BCUT2D eigenvalue weighted by Gasteiger charge is -2.40. The number of amides is 1. The van der Waals surface area contributed by atoms with E-state index < -0.39 is 76.7 Å². The number of hydrogen-bond donors (Lipinski definition) is 4. The lowest BCUT2D eigenvalue weighted by molar-refractivity contribution is -0.177. The quantitative estimate of drug-likeness (QED) is 0.308. The molecule has 1 aromatic carbocycles. The summed E-state index contributed by atoms with van der Waals surface area (Å²) in [6.45, 7) is 2.23. The van der Waals surface area contributed by atoms with Crippen molar-refractivity contribution in [3.63, 3.8) is 0 Å². The standard InChI is InChI=1S/C29H29F6N5O3/c1-28(2,43)13-8-18(31)23(19(32)9-13)25-17(30)4-5-20(38-25)27(42)39-21-10-37-24-16(3-6-22(24)41)26(21)40-11-14(29(33,34)35)7-15(36)12-40/h4-5,8-10,14-15,22,41,43H,3,6-7,11-12,36H2,1-2H3,(H,39,42)/t14-,15+,22+/m0/s1. The van der Waals surface area contributed by atoms with Crippen molar-refractivity contribution in [3.8, 4) is 11.3 Å². The van der Waals surface area contributed by atoms with Crippen molar-refractivity contribution < 1.29 is 41.4 Å². The Bertz CT molecular complexity index is 1550. The van der Waals surface area contributed by atoms with Crippen molar-refractivity contribution in [1.29, 1.82) is 0 Å².